The summed E-state index contributed by atoms with van der Waals surface area (Å²) < 4.78 is 2.02. The summed E-state index contributed by atoms with van der Waals surface area (Å²) in [5.74, 6) is 0.692. The van der Waals surface area contributed by atoms with Gasteiger partial charge in [-0.1, -0.05) is 12.1 Å². The van der Waals surface area contributed by atoms with Crippen LogP contribution in [-0.2, 0) is 5.75 Å². The zero-order chi connectivity index (χ0) is 19.5. The highest BCUT2D eigenvalue weighted by Crippen LogP contribution is 2.23. The van der Waals surface area contributed by atoms with Crippen LogP contribution in [0.1, 0.15) is 27.2 Å². The molecule has 4 rings (SSSR count). The molecule has 0 spiro atoms. The summed E-state index contributed by atoms with van der Waals surface area (Å²) in [6, 6.07) is 19.7. The highest BCUT2D eigenvalue weighted by atomic mass is 32.2. The highest BCUT2D eigenvalue weighted by Gasteiger charge is 2.08. The molecule has 28 heavy (non-hydrogen) atoms. The summed E-state index contributed by atoms with van der Waals surface area (Å²) >= 11 is 1.71. The molecule has 0 saturated heterocycles. The predicted molar refractivity (Wildman–Crippen MR) is 115 cm³/mol. The van der Waals surface area contributed by atoms with E-state index in [1.807, 2.05) is 85.2 Å². The summed E-state index contributed by atoms with van der Waals surface area (Å²) in [6.45, 7) is 4.05. The van der Waals surface area contributed by atoms with E-state index in [4.69, 9.17) is 0 Å². The first-order valence-corrected chi connectivity index (χ1v) is 10.1. The van der Waals surface area contributed by atoms with Crippen molar-refractivity contribution in [2.75, 3.05) is 5.32 Å². The van der Waals surface area contributed by atoms with Crippen molar-refractivity contribution in [2.45, 2.75) is 24.5 Å². The van der Waals surface area contributed by atoms with E-state index in [1.54, 1.807) is 11.8 Å². The van der Waals surface area contributed by atoms with Gasteiger partial charge in [-0.15, -0.1) is 11.8 Å². The molecule has 0 atom stereocenters. The second kappa shape index (κ2) is 7.90. The lowest BCUT2D eigenvalue weighted by Gasteiger charge is -2.08. The maximum Gasteiger partial charge on any atom is 0.255 e. The van der Waals surface area contributed by atoms with Gasteiger partial charge in [-0.25, -0.2) is 4.98 Å². The van der Waals surface area contributed by atoms with Gasteiger partial charge in [0, 0.05) is 34.3 Å². The van der Waals surface area contributed by atoms with Crippen LogP contribution in [0, 0.1) is 13.8 Å². The number of aryl methyl sites for hydroxylation is 2. The number of nitrogens with zero attached hydrogens (tertiary/aromatic N) is 2. The minimum absolute atomic E-state index is 0.0955. The first kappa shape index (κ1) is 18.3. The standard InChI is InChI=1S/C23H21N3OS/c1-16-11-17(2)13-19(12-16)25-23(27)18-6-8-21(9-7-18)28-15-20-14-26-10-4-3-5-22(26)24-20/h3-14H,15H2,1-2H3,(H,25,27). The van der Waals surface area contributed by atoms with Crippen LogP contribution in [0.2, 0.25) is 0 Å². The maximum atomic E-state index is 12.5. The Morgan fingerprint density at radius 2 is 1.79 bits per heavy atom. The van der Waals surface area contributed by atoms with Crippen LogP contribution in [0.4, 0.5) is 5.69 Å². The number of aromatic nitrogens is 2. The lowest BCUT2D eigenvalue weighted by Crippen LogP contribution is -2.11. The number of amides is 1. The Morgan fingerprint density at radius 3 is 2.50 bits per heavy atom. The molecule has 0 aliphatic heterocycles. The van der Waals surface area contributed by atoms with Crippen molar-refractivity contribution in [1.29, 1.82) is 0 Å². The number of nitrogens with one attached hydrogen (secondary N) is 1. The number of thioether (sulfide) groups is 1. The Morgan fingerprint density at radius 1 is 1.04 bits per heavy atom. The van der Waals surface area contributed by atoms with E-state index in [0.717, 1.165) is 38.8 Å². The summed E-state index contributed by atoms with van der Waals surface area (Å²) in [7, 11) is 0. The van der Waals surface area contributed by atoms with Gasteiger partial charge in [0.25, 0.3) is 5.91 Å². The van der Waals surface area contributed by atoms with Crippen LogP contribution in [0.3, 0.4) is 0 Å². The third-order valence-electron chi connectivity index (χ3n) is 4.40. The van der Waals surface area contributed by atoms with Crippen molar-refractivity contribution in [3.8, 4) is 0 Å². The fourth-order valence-electron chi connectivity index (χ4n) is 3.17. The first-order chi connectivity index (χ1) is 13.6. The van der Waals surface area contributed by atoms with Gasteiger partial charge in [-0.05, 0) is 73.5 Å². The van der Waals surface area contributed by atoms with E-state index < -0.39 is 0 Å². The second-order valence-corrected chi connectivity index (χ2v) is 7.89. The second-order valence-electron chi connectivity index (χ2n) is 6.84. The van der Waals surface area contributed by atoms with Crippen LogP contribution in [-0.4, -0.2) is 15.3 Å². The van der Waals surface area contributed by atoms with Gasteiger partial charge >= 0.3 is 0 Å². The first-order valence-electron chi connectivity index (χ1n) is 9.12. The monoisotopic (exact) mass is 387 g/mol. The zero-order valence-corrected chi connectivity index (χ0v) is 16.7. The Bertz CT molecular complexity index is 1080. The normalized spacial score (nSPS) is 10.9. The molecule has 0 aliphatic carbocycles. The van der Waals surface area contributed by atoms with Crippen LogP contribution >= 0.6 is 11.8 Å². The molecule has 0 saturated carbocycles. The van der Waals surface area contributed by atoms with Crippen LogP contribution in [0.25, 0.3) is 5.65 Å². The topological polar surface area (TPSA) is 46.4 Å². The molecule has 2 aromatic carbocycles. The lowest BCUT2D eigenvalue weighted by molar-refractivity contribution is 0.102. The number of rotatable bonds is 5. The number of carbonyl (C=O) groups excluding carboxylic acids is 1. The fourth-order valence-corrected chi connectivity index (χ4v) is 3.95. The Labute approximate surface area is 168 Å². The summed E-state index contributed by atoms with van der Waals surface area (Å²) in [5, 5.41) is 2.97. The predicted octanol–water partition coefficient (Wildman–Crippen LogP) is 5.50. The molecule has 0 fully saturated rings. The SMILES string of the molecule is Cc1cc(C)cc(NC(=O)c2ccc(SCc3cn4ccccc4n3)cc2)c1. The molecule has 0 unspecified atom stereocenters. The van der Waals surface area contributed by atoms with Crippen molar-refractivity contribution in [3.63, 3.8) is 0 Å². The molecular weight excluding hydrogens is 366 g/mol. The average Bonchev–Trinajstić information content (AvgIpc) is 3.09. The van der Waals surface area contributed by atoms with Gasteiger partial charge in [0.1, 0.15) is 5.65 Å². The highest BCUT2D eigenvalue weighted by molar-refractivity contribution is 7.98. The van der Waals surface area contributed by atoms with E-state index >= 15 is 0 Å². The van der Waals surface area contributed by atoms with Crippen molar-refractivity contribution in [3.05, 3.63) is 95.4 Å². The van der Waals surface area contributed by atoms with Gasteiger partial charge in [0.05, 0.1) is 5.69 Å². The maximum absolute atomic E-state index is 12.5. The number of hydrogen-bond donors (Lipinski definition) is 1. The molecule has 140 valence electrons. The van der Waals surface area contributed by atoms with Gasteiger partial charge in [-0.3, -0.25) is 4.79 Å². The molecule has 5 heteroatoms. The number of imidazole rings is 1. The van der Waals surface area contributed by atoms with Crippen molar-refractivity contribution in [2.24, 2.45) is 0 Å². The van der Waals surface area contributed by atoms with Gasteiger partial charge in [0.15, 0.2) is 0 Å². The Hall–Kier alpha value is -3.05. The molecule has 4 aromatic rings. The molecule has 2 aromatic heterocycles. The third-order valence-corrected chi connectivity index (χ3v) is 5.44. The number of anilines is 1. The number of fused-ring (bicyclic) bond motifs is 1. The smallest absolute Gasteiger partial charge is 0.255 e. The fraction of sp³-hybridized carbons (Fsp3) is 0.130. The average molecular weight is 388 g/mol. The van der Waals surface area contributed by atoms with Crippen LogP contribution in [0.5, 0.6) is 0 Å². The van der Waals surface area contributed by atoms with Gasteiger partial charge in [-0.2, -0.15) is 0 Å². The summed E-state index contributed by atoms with van der Waals surface area (Å²) in [4.78, 5) is 18.2. The van der Waals surface area contributed by atoms with E-state index in [2.05, 4.69) is 16.4 Å². The zero-order valence-electron chi connectivity index (χ0n) is 15.8. The largest absolute Gasteiger partial charge is 0.322 e. The summed E-state index contributed by atoms with van der Waals surface area (Å²) in [6.07, 6.45) is 4.05. The molecule has 4 nitrogen and oxygen atoms in total. The molecule has 0 bridgehead atoms. The Kier molecular flexibility index (Phi) is 5.17. The van der Waals surface area contributed by atoms with E-state index in [1.165, 1.54) is 0 Å². The number of benzene rings is 2. The molecular formula is C23H21N3OS. The van der Waals surface area contributed by atoms with Gasteiger partial charge in [0.2, 0.25) is 0 Å². The minimum Gasteiger partial charge on any atom is -0.322 e. The molecule has 1 N–H and O–H groups in total. The number of pyridine rings is 1. The molecule has 0 aliphatic rings. The molecule has 1 amide bonds. The van der Waals surface area contributed by atoms with Crippen molar-refractivity contribution in [1.82, 2.24) is 9.38 Å². The minimum atomic E-state index is -0.0955. The number of carbonyl (C=O) groups is 1. The van der Waals surface area contributed by atoms with Crippen molar-refractivity contribution >= 4 is 29.0 Å². The molecule has 2 heterocycles. The Balaban J connectivity index is 1.39. The lowest BCUT2D eigenvalue weighted by atomic mass is 10.1. The van der Waals surface area contributed by atoms with E-state index in [9.17, 15) is 4.79 Å². The molecule has 0 radical (unpaired) electrons. The van der Waals surface area contributed by atoms with Crippen LogP contribution < -0.4 is 5.32 Å². The van der Waals surface area contributed by atoms with Gasteiger partial charge < -0.3 is 9.72 Å². The van der Waals surface area contributed by atoms with Crippen LogP contribution in [0.15, 0.2) is 78.0 Å². The number of hydrogen-bond acceptors (Lipinski definition) is 3. The van der Waals surface area contributed by atoms with E-state index in [-0.39, 0.29) is 5.91 Å². The third kappa shape index (κ3) is 4.26. The van der Waals surface area contributed by atoms with Crippen molar-refractivity contribution < 1.29 is 4.79 Å². The van der Waals surface area contributed by atoms with E-state index in [0.29, 0.717) is 5.56 Å². The quantitative estimate of drug-likeness (QED) is 0.460. The summed E-state index contributed by atoms with van der Waals surface area (Å²) in [5.41, 5.74) is 5.73.